The Morgan fingerprint density at radius 1 is 1.44 bits per heavy atom. The van der Waals surface area contributed by atoms with E-state index >= 15 is 0 Å². The Kier molecular flexibility index (Phi) is 5.79. The Hall–Kier alpha value is -0.0600. The zero-order valence-corrected chi connectivity index (χ0v) is 12.8. The number of carbonyl (C=O) groups is 1. The fourth-order valence-corrected chi connectivity index (χ4v) is 2.76. The molecule has 0 bridgehead atoms. The highest BCUT2D eigenvalue weighted by Crippen LogP contribution is 2.23. The predicted octanol–water partition coefficient (Wildman–Crippen LogP) is 3.91. The van der Waals surface area contributed by atoms with Crippen LogP contribution in [0, 0.1) is 0 Å². The van der Waals surface area contributed by atoms with Crippen LogP contribution in [0.25, 0.3) is 0 Å². The summed E-state index contributed by atoms with van der Waals surface area (Å²) in [6, 6.07) is 5.52. The largest absolute Gasteiger partial charge is 0.338 e. The number of hydrogen-bond acceptors (Lipinski definition) is 1. The molecule has 0 aromatic heterocycles. The van der Waals surface area contributed by atoms with Gasteiger partial charge in [0.25, 0.3) is 5.91 Å². The van der Waals surface area contributed by atoms with Crippen molar-refractivity contribution in [2.45, 2.75) is 6.92 Å². The third-order valence-electron chi connectivity index (χ3n) is 2.18. The van der Waals surface area contributed by atoms with Crippen molar-refractivity contribution >= 4 is 49.4 Å². The molecule has 0 unspecified atom stereocenters. The average Bonchev–Trinajstić information content (AvgIpc) is 2.25. The first kappa shape index (κ1) is 14.0. The number of benzene rings is 1. The molecule has 0 fully saturated rings. The molecule has 0 atom stereocenters. The number of amides is 1. The van der Waals surface area contributed by atoms with Crippen molar-refractivity contribution in [2.75, 3.05) is 19.0 Å². The van der Waals surface area contributed by atoms with Crippen LogP contribution in [-0.4, -0.2) is 29.8 Å². The number of nitrogens with zero attached hydrogens (tertiary/aromatic N) is 1. The summed E-state index contributed by atoms with van der Waals surface area (Å²) in [6.45, 7) is 3.17. The molecule has 0 saturated heterocycles. The molecule has 1 rings (SSSR count). The van der Waals surface area contributed by atoms with Gasteiger partial charge in [0.2, 0.25) is 0 Å². The molecule has 0 N–H and O–H groups in total. The zero-order chi connectivity index (χ0) is 12.1. The van der Waals surface area contributed by atoms with Gasteiger partial charge in [-0.3, -0.25) is 4.79 Å². The Morgan fingerprint density at radius 2 is 2.12 bits per heavy atom. The van der Waals surface area contributed by atoms with Crippen LogP contribution in [0.4, 0.5) is 0 Å². The normalized spacial score (nSPS) is 10.2. The highest BCUT2D eigenvalue weighted by Gasteiger charge is 2.16. The lowest BCUT2D eigenvalue weighted by molar-refractivity contribution is 0.0773. The molecule has 0 aliphatic carbocycles. The van der Waals surface area contributed by atoms with E-state index < -0.39 is 0 Å². The zero-order valence-electron chi connectivity index (χ0n) is 8.84. The summed E-state index contributed by atoms with van der Waals surface area (Å²) in [6.07, 6.45) is 0. The quantitative estimate of drug-likeness (QED) is 0.737. The molecule has 1 aromatic carbocycles. The smallest absolute Gasteiger partial charge is 0.255 e. The lowest BCUT2D eigenvalue weighted by Gasteiger charge is -2.20. The van der Waals surface area contributed by atoms with Gasteiger partial charge in [0.15, 0.2) is 0 Å². The molecule has 0 aliphatic heterocycles. The van der Waals surface area contributed by atoms with Gasteiger partial charge < -0.3 is 4.90 Å². The van der Waals surface area contributed by atoms with E-state index in [0.29, 0.717) is 24.5 Å². The first-order valence-electron chi connectivity index (χ1n) is 4.90. The van der Waals surface area contributed by atoms with E-state index in [1.54, 1.807) is 11.0 Å². The van der Waals surface area contributed by atoms with Crippen LogP contribution >= 0.6 is 43.5 Å². The number of halogens is 3. The van der Waals surface area contributed by atoms with E-state index in [0.717, 1.165) is 8.95 Å². The van der Waals surface area contributed by atoms with Gasteiger partial charge in [-0.15, -0.1) is 11.6 Å². The molecule has 0 saturated carbocycles. The molecule has 5 heteroatoms. The first-order chi connectivity index (χ1) is 7.60. The second-order valence-electron chi connectivity index (χ2n) is 3.20. The maximum absolute atomic E-state index is 12.1. The van der Waals surface area contributed by atoms with E-state index in [-0.39, 0.29) is 5.91 Å². The third-order valence-corrected chi connectivity index (χ3v) is 3.50. The van der Waals surface area contributed by atoms with Crippen LogP contribution in [0.15, 0.2) is 27.1 Å². The second kappa shape index (κ2) is 6.62. The minimum absolute atomic E-state index is 0.00234. The van der Waals surface area contributed by atoms with Crippen LogP contribution in [-0.2, 0) is 0 Å². The van der Waals surface area contributed by atoms with Crippen molar-refractivity contribution in [2.24, 2.45) is 0 Å². The van der Waals surface area contributed by atoms with Gasteiger partial charge in [0.05, 0.1) is 5.56 Å². The fourth-order valence-electron chi connectivity index (χ4n) is 1.34. The summed E-state index contributed by atoms with van der Waals surface area (Å²) < 4.78 is 1.73. The molecule has 0 radical (unpaired) electrons. The van der Waals surface area contributed by atoms with Crippen LogP contribution in [0.1, 0.15) is 17.3 Å². The molecule has 1 aromatic rings. The molecular weight excluding hydrogens is 357 g/mol. The minimum Gasteiger partial charge on any atom is -0.338 e. The fraction of sp³-hybridized carbons (Fsp3) is 0.364. The van der Waals surface area contributed by atoms with Crippen molar-refractivity contribution < 1.29 is 4.79 Å². The predicted molar refractivity (Wildman–Crippen MR) is 74.1 cm³/mol. The van der Waals surface area contributed by atoms with Crippen LogP contribution < -0.4 is 0 Å². The highest BCUT2D eigenvalue weighted by molar-refractivity contribution is 9.11. The van der Waals surface area contributed by atoms with E-state index in [4.69, 9.17) is 11.6 Å². The first-order valence-corrected chi connectivity index (χ1v) is 7.02. The number of hydrogen-bond donors (Lipinski definition) is 0. The Labute approximate surface area is 117 Å². The molecule has 0 heterocycles. The van der Waals surface area contributed by atoms with E-state index in [1.807, 2.05) is 19.1 Å². The monoisotopic (exact) mass is 367 g/mol. The summed E-state index contributed by atoms with van der Waals surface area (Å²) >= 11 is 12.4. The number of rotatable bonds is 4. The van der Waals surface area contributed by atoms with Gasteiger partial charge in [0.1, 0.15) is 0 Å². The standard InChI is InChI=1S/C11H12Br2ClNO/c1-2-15(6-5-14)11(16)9-4-3-8(12)7-10(9)13/h3-4,7H,2,5-6H2,1H3. The van der Waals surface area contributed by atoms with Crippen LogP contribution in [0.5, 0.6) is 0 Å². The summed E-state index contributed by atoms with van der Waals surface area (Å²) in [5.74, 6) is 0.454. The van der Waals surface area contributed by atoms with E-state index in [9.17, 15) is 4.79 Å². The maximum Gasteiger partial charge on any atom is 0.255 e. The average molecular weight is 369 g/mol. The third kappa shape index (κ3) is 3.47. The maximum atomic E-state index is 12.1. The number of carbonyl (C=O) groups excluding carboxylic acids is 1. The van der Waals surface area contributed by atoms with Gasteiger partial charge in [0, 0.05) is 27.9 Å². The van der Waals surface area contributed by atoms with Crippen LogP contribution in [0.2, 0.25) is 0 Å². The Bertz CT molecular complexity index is 384. The Morgan fingerprint density at radius 3 is 2.62 bits per heavy atom. The van der Waals surface area contributed by atoms with Crippen molar-refractivity contribution in [1.29, 1.82) is 0 Å². The summed E-state index contributed by atoms with van der Waals surface area (Å²) in [7, 11) is 0. The summed E-state index contributed by atoms with van der Waals surface area (Å²) in [4.78, 5) is 13.8. The minimum atomic E-state index is 0.00234. The van der Waals surface area contributed by atoms with Gasteiger partial charge in [-0.2, -0.15) is 0 Å². The van der Waals surface area contributed by atoms with E-state index in [2.05, 4.69) is 31.9 Å². The van der Waals surface area contributed by atoms with Crippen molar-refractivity contribution in [1.82, 2.24) is 4.90 Å². The van der Waals surface area contributed by atoms with Crippen LogP contribution in [0.3, 0.4) is 0 Å². The highest BCUT2D eigenvalue weighted by atomic mass is 79.9. The van der Waals surface area contributed by atoms with E-state index in [1.165, 1.54) is 0 Å². The lowest BCUT2D eigenvalue weighted by Crippen LogP contribution is -2.32. The molecule has 0 aliphatic rings. The topological polar surface area (TPSA) is 20.3 Å². The molecule has 0 spiro atoms. The van der Waals surface area contributed by atoms with Gasteiger partial charge >= 0.3 is 0 Å². The van der Waals surface area contributed by atoms with Gasteiger partial charge in [-0.05, 0) is 41.1 Å². The SMILES string of the molecule is CCN(CCCl)C(=O)c1ccc(Br)cc1Br. The molecule has 1 amide bonds. The molecule has 2 nitrogen and oxygen atoms in total. The molecule has 16 heavy (non-hydrogen) atoms. The summed E-state index contributed by atoms with van der Waals surface area (Å²) in [5.41, 5.74) is 0.662. The molecular formula is C11H12Br2ClNO. The summed E-state index contributed by atoms with van der Waals surface area (Å²) in [5, 5.41) is 0. The van der Waals surface area contributed by atoms with Crippen molar-refractivity contribution in [3.63, 3.8) is 0 Å². The number of alkyl halides is 1. The molecule has 88 valence electrons. The van der Waals surface area contributed by atoms with Crippen molar-refractivity contribution in [3.8, 4) is 0 Å². The van der Waals surface area contributed by atoms with Gasteiger partial charge in [-0.25, -0.2) is 0 Å². The second-order valence-corrected chi connectivity index (χ2v) is 5.35. The Balaban J connectivity index is 2.94. The van der Waals surface area contributed by atoms with Gasteiger partial charge in [-0.1, -0.05) is 15.9 Å². The van der Waals surface area contributed by atoms with Crippen molar-refractivity contribution in [3.05, 3.63) is 32.7 Å². The lowest BCUT2D eigenvalue weighted by atomic mass is 10.2.